The molecule has 1 aromatic heterocycles. The molecular weight excluding hydrogens is 687 g/mol. The van der Waals surface area contributed by atoms with E-state index in [4.69, 9.17) is 9.47 Å². The van der Waals surface area contributed by atoms with E-state index in [1.807, 2.05) is 115 Å². The van der Waals surface area contributed by atoms with Crippen molar-refractivity contribution in [3.8, 4) is 11.1 Å². The largest absolute Gasteiger partial charge is 0.449 e. The molecule has 1 aliphatic carbocycles. The molecule has 2 amide bonds. The summed E-state index contributed by atoms with van der Waals surface area (Å²) in [6.45, 7) is 0.0877. The highest BCUT2D eigenvalue weighted by molar-refractivity contribution is 5.94. The van der Waals surface area contributed by atoms with E-state index in [0.717, 1.165) is 38.7 Å². The number of benzene rings is 6. The van der Waals surface area contributed by atoms with Crippen molar-refractivity contribution in [2.75, 3.05) is 13.7 Å². The number of rotatable bonds is 11. The highest BCUT2D eigenvalue weighted by Crippen LogP contribution is 2.45. The number of nitrogens with one attached hydrogen (secondary N) is 3. The molecule has 1 aliphatic rings. The van der Waals surface area contributed by atoms with Gasteiger partial charge in [-0.1, -0.05) is 140 Å². The van der Waals surface area contributed by atoms with Gasteiger partial charge in [0.15, 0.2) is 5.60 Å². The molecule has 0 saturated carbocycles. The average Bonchev–Trinajstić information content (AvgIpc) is 3.80. The summed E-state index contributed by atoms with van der Waals surface area (Å²) in [5, 5.41) is 6.49. The zero-order chi connectivity index (χ0) is 37.8. The summed E-state index contributed by atoms with van der Waals surface area (Å²) in [6.07, 6.45) is 1.25. The summed E-state index contributed by atoms with van der Waals surface area (Å²) in [5.74, 6) is -1.06. The number of fused-ring (bicyclic) bond motifs is 4. The van der Waals surface area contributed by atoms with Crippen LogP contribution in [0.1, 0.15) is 49.7 Å². The van der Waals surface area contributed by atoms with Gasteiger partial charge in [-0.2, -0.15) is 0 Å². The monoisotopic (exact) mass is 725 g/mol. The molecule has 55 heavy (non-hydrogen) atoms. The van der Waals surface area contributed by atoms with E-state index in [-0.39, 0.29) is 24.9 Å². The van der Waals surface area contributed by atoms with E-state index in [1.165, 1.54) is 0 Å². The third-order valence-corrected chi connectivity index (χ3v) is 10.4. The van der Waals surface area contributed by atoms with Crippen molar-refractivity contribution in [2.24, 2.45) is 0 Å². The summed E-state index contributed by atoms with van der Waals surface area (Å²) in [4.78, 5) is 44.6. The van der Waals surface area contributed by atoms with E-state index in [2.05, 4.69) is 39.9 Å². The Morgan fingerprint density at radius 1 is 0.673 bits per heavy atom. The van der Waals surface area contributed by atoms with E-state index >= 15 is 0 Å². The maximum absolute atomic E-state index is 14.9. The van der Waals surface area contributed by atoms with Gasteiger partial charge in [-0.05, 0) is 46.0 Å². The van der Waals surface area contributed by atoms with E-state index in [1.54, 1.807) is 31.3 Å². The number of hydrogen-bond acceptors (Lipinski definition) is 5. The van der Waals surface area contributed by atoms with Gasteiger partial charge < -0.3 is 25.1 Å². The van der Waals surface area contributed by atoms with Gasteiger partial charge >= 0.3 is 12.1 Å². The summed E-state index contributed by atoms with van der Waals surface area (Å²) in [6, 6.07) is 48.9. The molecule has 272 valence electrons. The fraction of sp³-hybridized carbons (Fsp3) is 0.128. The van der Waals surface area contributed by atoms with Crippen molar-refractivity contribution >= 4 is 28.9 Å². The number of alkyl carbamates (subject to hydrolysis) is 1. The maximum atomic E-state index is 14.9. The molecule has 8 heteroatoms. The minimum absolute atomic E-state index is 0.0877. The first kappa shape index (κ1) is 35.1. The fourth-order valence-electron chi connectivity index (χ4n) is 7.74. The van der Waals surface area contributed by atoms with Crippen LogP contribution < -0.4 is 10.6 Å². The van der Waals surface area contributed by atoms with E-state index < -0.39 is 23.7 Å². The lowest BCUT2D eigenvalue weighted by atomic mass is 9.79. The van der Waals surface area contributed by atoms with Crippen LogP contribution in [0.15, 0.2) is 164 Å². The highest BCUT2D eigenvalue weighted by Gasteiger charge is 2.43. The Bertz CT molecular complexity index is 2390. The molecule has 0 saturated heterocycles. The molecule has 1 atom stereocenters. The average molecular weight is 726 g/mol. The number of amides is 2. The number of aromatic nitrogens is 1. The number of carbonyl (C=O) groups excluding carboxylic acids is 3. The molecule has 8 rings (SSSR count). The first-order valence-corrected chi connectivity index (χ1v) is 18.3. The van der Waals surface area contributed by atoms with Crippen molar-refractivity contribution < 1.29 is 23.9 Å². The van der Waals surface area contributed by atoms with Crippen molar-refractivity contribution in [2.45, 2.75) is 24.0 Å². The summed E-state index contributed by atoms with van der Waals surface area (Å²) in [5.41, 5.74) is 7.16. The molecule has 7 aromatic rings. The number of ether oxygens (including phenoxy) is 2. The minimum atomic E-state index is -1.46. The topological polar surface area (TPSA) is 110 Å². The Labute approximate surface area is 319 Å². The van der Waals surface area contributed by atoms with Crippen molar-refractivity contribution in [1.29, 1.82) is 0 Å². The number of esters is 1. The van der Waals surface area contributed by atoms with Crippen LogP contribution in [0, 0.1) is 0 Å². The molecule has 8 nitrogen and oxygen atoms in total. The molecule has 0 spiro atoms. The third kappa shape index (κ3) is 6.74. The number of carbonyl (C=O) groups is 3. The molecule has 1 heterocycles. The predicted octanol–water partition coefficient (Wildman–Crippen LogP) is 8.51. The van der Waals surface area contributed by atoms with Gasteiger partial charge in [0.1, 0.15) is 12.6 Å². The van der Waals surface area contributed by atoms with Crippen molar-refractivity contribution in [1.82, 2.24) is 15.6 Å². The smallest absolute Gasteiger partial charge is 0.407 e. The third-order valence-electron chi connectivity index (χ3n) is 10.4. The van der Waals surface area contributed by atoms with Crippen LogP contribution in [0.4, 0.5) is 4.79 Å². The maximum Gasteiger partial charge on any atom is 0.407 e. The number of para-hydroxylation sites is 1. The molecule has 6 aromatic carbocycles. The Morgan fingerprint density at radius 3 is 1.84 bits per heavy atom. The number of aromatic amines is 1. The molecule has 0 radical (unpaired) electrons. The van der Waals surface area contributed by atoms with E-state index in [0.29, 0.717) is 22.3 Å². The second kappa shape index (κ2) is 15.2. The second-order valence-electron chi connectivity index (χ2n) is 13.6. The Hall–Kier alpha value is -6.93. The summed E-state index contributed by atoms with van der Waals surface area (Å²) >= 11 is 0. The lowest BCUT2D eigenvalue weighted by Gasteiger charge is -2.36. The summed E-state index contributed by atoms with van der Waals surface area (Å²) in [7, 11) is 1.58. The van der Waals surface area contributed by atoms with Gasteiger partial charge in [0, 0.05) is 58.7 Å². The zero-order valence-corrected chi connectivity index (χ0v) is 30.2. The molecule has 0 fully saturated rings. The van der Waals surface area contributed by atoms with Crippen molar-refractivity contribution in [3.05, 3.63) is 203 Å². The van der Waals surface area contributed by atoms with Gasteiger partial charge in [-0.3, -0.25) is 4.79 Å². The quantitative estimate of drug-likeness (QED) is 0.0916. The fourth-order valence-corrected chi connectivity index (χ4v) is 7.74. The van der Waals surface area contributed by atoms with Gasteiger partial charge in [-0.25, -0.2) is 9.59 Å². The van der Waals surface area contributed by atoms with Gasteiger partial charge in [0.2, 0.25) is 0 Å². The van der Waals surface area contributed by atoms with Crippen molar-refractivity contribution in [3.63, 3.8) is 0 Å². The first-order valence-electron chi connectivity index (χ1n) is 18.3. The molecule has 3 N–H and O–H groups in total. The Kier molecular flexibility index (Phi) is 9.71. The van der Waals surface area contributed by atoms with Gasteiger partial charge in [0.05, 0.1) is 0 Å². The van der Waals surface area contributed by atoms with Crippen LogP contribution in [0.2, 0.25) is 0 Å². The van der Waals surface area contributed by atoms with Gasteiger partial charge in [-0.15, -0.1) is 0 Å². The standard InChI is InChI=1S/C47H39N3O5/c1-48-44(51)31-24-26-35(27-25-31)47(33-14-4-2-5-15-33,34-16-6-3-7-17-34)55-45(52)43(28-32-29-49-42-23-13-12-18-36(32)42)50-46(53)54-30-41-39-21-10-8-19-37(39)38-20-9-11-22-40(38)41/h2-27,29,41,43,49H,28,30H2,1H3,(H,48,51)(H,50,53)/t43-/m1/s1. The molecular formula is C47H39N3O5. The lowest BCUT2D eigenvalue weighted by molar-refractivity contribution is -0.156. The predicted molar refractivity (Wildman–Crippen MR) is 213 cm³/mol. The lowest BCUT2D eigenvalue weighted by Crippen LogP contribution is -2.47. The zero-order valence-electron chi connectivity index (χ0n) is 30.2. The van der Waals surface area contributed by atoms with E-state index in [9.17, 15) is 14.4 Å². The summed E-state index contributed by atoms with van der Waals surface area (Å²) < 4.78 is 12.8. The molecule has 0 unspecified atom stereocenters. The Balaban J connectivity index is 1.15. The number of H-pyrrole nitrogens is 1. The molecule has 0 aliphatic heterocycles. The molecule has 0 bridgehead atoms. The number of hydrogen-bond donors (Lipinski definition) is 3. The SMILES string of the molecule is CNC(=O)c1ccc(C(OC(=O)[C@@H](Cc2c[nH]c3ccccc23)NC(=O)OCC2c3ccccc3-c3ccccc32)(c2ccccc2)c2ccccc2)cc1. The first-order chi connectivity index (χ1) is 27.0. The second-order valence-corrected chi connectivity index (χ2v) is 13.6. The normalized spacial score (nSPS) is 12.7. The van der Waals surface area contributed by atoms with Crippen LogP contribution in [0.5, 0.6) is 0 Å². The minimum Gasteiger partial charge on any atom is -0.449 e. The van der Waals surface area contributed by atoms with Crippen LogP contribution in [-0.4, -0.2) is 42.7 Å². The van der Waals surface area contributed by atoms with Crippen LogP contribution >= 0.6 is 0 Å². The highest BCUT2D eigenvalue weighted by atomic mass is 16.6. The van der Waals surface area contributed by atoms with Crippen LogP contribution in [0.25, 0.3) is 22.0 Å². The van der Waals surface area contributed by atoms with Gasteiger partial charge in [0.25, 0.3) is 5.91 Å². The van der Waals surface area contributed by atoms with Crippen LogP contribution in [0.3, 0.4) is 0 Å². The Morgan fingerprint density at radius 2 is 1.22 bits per heavy atom. The van der Waals surface area contributed by atoms with Crippen LogP contribution in [-0.2, 0) is 26.3 Å².